The Kier molecular flexibility index (Phi) is 9.03. The van der Waals surface area contributed by atoms with Crippen LogP contribution in [0.4, 0.5) is 5.69 Å². The van der Waals surface area contributed by atoms with E-state index in [-0.39, 0.29) is 5.91 Å². The minimum Gasteiger partial charge on any atom is -0.326 e. The van der Waals surface area contributed by atoms with Gasteiger partial charge in [0.15, 0.2) is 0 Å². The van der Waals surface area contributed by atoms with Crippen LogP contribution in [0.25, 0.3) is 11.6 Å². The van der Waals surface area contributed by atoms with Crippen molar-refractivity contribution in [3.63, 3.8) is 0 Å². The number of para-hydroxylation sites is 1. The zero-order chi connectivity index (χ0) is 23.7. The van der Waals surface area contributed by atoms with Crippen molar-refractivity contribution in [2.75, 3.05) is 5.32 Å². The lowest BCUT2D eigenvalue weighted by molar-refractivity contribution is -0.112. The fraction of sp³-hybridized carbons (Fsp3) is 0.207. The molecular formula is C29H34N2O. The minimum atomic E-state index is -0.192. The molecular weight excluding hydrogens is 392 g/mol. The SMILES string of the molecule is C=C/C(=C\c1ccccc1C)C(=O)Nc1ccccc1/C(C)=C/N(C(=C)C)/C(=C\C)CC. The van der Waals surface area contributed by atoms with Gasteiger partial charge in [-0.15, -0.1) is 0 Å². The molecule has 0 fully saturated rings. The lowest BCUT2D eigenvalue weighted by atomic mass is 10.0. The molecule has 2 aromatic rings. The molecule has 0 unspecified atom stereocenters. The summed E-state index contributed by atoms with van der Waals surface area (Å²) >= 11 is 0. The number of carbonyl (C=O) groups is 1. The van der Waals surface area contributed by atoms with Gasteiger partial charge in [-0.05, 0) is 63.0 Å². The molecule has 2 rings (SSSR count). The lowest BCUT2D eigenvalue weighted by Crippen LogP contribution is -2.16. The second kappa shape index (κ2) is 11.7. The molecule has 2 aromatic carbocycles. The van der Waals surface area contributed by atoms with Gasteiger partial charge in [0, 0.05) is 34.4 Å². The van der Waals surface area contributed by atoms with E-state index in [9.17, 15) is 4.79 Å². The Morgan fingerprint density at radius 2 is 1.75 bits per heavy atom. The largest absolute Gasteiger partial charge is 0.326 e. The summed E-state index contributed by atoms with van der Waals surface area (Å²) in [5.74, 6) is -0.192. The number of anilines is 1. The van der Waals surface area contributed by atoms with Gasteiger partial charge in [-0.2, -0.15) is 0 Å². The molecule has 0 radical (unpaired) electrons. The summed E-state index contributed by atoms with van der Waals surface area (Å²) in [6, 6.07) is 15.8. The number of allylic oxidation sites excluding steroid dienone is 4. The normalized spacial score (nSPS) is 12.3. The fourth-order valence-electron chi connectivity index (χ4n) is 3.48. The highest BCUT2D eigenvalue weighted by Gasteiger charge is 2.13. The van der Waals surface area contributed by atoms with Crippen molar-refractivity contribution < 1.29 is 4.79 Å². The maximum Gasteiger partial charge on any atom is 0.255 e. The second-order valence-electron chi connectivity index (χ2n) is 7.71. The maximum atomic E-state index is 13.1. The van der Waals surface area contributed by atoms with Crippen LogP contribution < -0.4 is 5.32 Å². The molecule has 0 aliphatic rings. The molecule has 166 valence electrons. The van der Waals surface area contributed by atoms with Gasteiger partial charge in [-0.1, -0.05) is 74.7 Å². The van der Waals surface area contributed by atoms with Gasteiger partial charge in [0.25, 0.3) is 5.91 Å². The van der Waals surface area contributed by atoms with E-state index in [0.29, 0.717) is 5.57 Å². The molecule has 1 N–H and O–H groups in total. The van der Waals surface area contributed by atoms with E-state index in [1.54, 1.807) is 6.08 Å². The summed E-state index contributed by atoms with van der Waals surface area (Å²) in [6.07, 6.45) is 8.53. The van der Waals surface area contributed by atoms with Gasteiger partial charge in [0.05, 0.1) is 0 Å². The van der Waals surface area contributed by atoms with Gasteiger partial charge in [-0.3, -0.25) is 4.79 Å². The highest BCUT2D eigenvalue weighted by molar-refractivity contribution is 6.09. The van der Waals surface area contributed by atoms with Crippen molar-refractivity contribution in [3.8, 4) is 0 Å². The summed E-state index contributed by atoms with van der Waals surface area (Å²) in [5.41, 5.74) is 7.47. The Morgan fingerprint density at radius 3 is 2.34 bits per heavy atom. The van der Waals surface area contributed by atoms with E-state index >= 15 is 0 Å². The number of carbonyl (C=O) groups excluding carboxylic acids is 1. The van der Waals surface area contributed by atoms with Crippen LogP contribution in [0.3, 0.4) is 0 Å². The van der Waals surface area contributed by atoms with Crippen LogP contribution in [0, 0.1) is 6.92 Å². The van der Waals surface area contributed by atoms with Crippen LogP contribution in [0.15, 0.2) is 97.0 Å². The first-order valence-corrected chi connectivity index (χ1v) is 10.9. The number of hydrogen-bond donors (Lipinski definition) is 1. The van der Waals surface area contributed by atoms with Crippen LogP contribution in [-0.2, 0) is 4.79 Å². The molecule has 0 aliphatic carbocycles. The summed E-state index contributed by atoms with van der Waals surface area (Å²) in [4.78, 5) is 15.2. The molecule has 0 bridgehead atoms. The van der Waals surface area contributed by atoms with Crippen molar-refractivity contribution in [2.24, 2.45) is 0 Å². The van der Waals surface area contributed by atoms with Crippen LogP contribution in [-0.4, -0.2) is 10.8 Å². The van der Waals surface area contributed by atoms with Crippen LogP contribution >= 0.6 is 0 Å². The van der Waals surface area contributed by atoms with E-state index in [0.717, 1.165) is 40.1 Å². The summed E-state index contributed by atoms with van der Waals surface area (Å²) in [5, 5.41) is 3.07. The number of hydrogen-bond acceptors (Lipinski definition) is 2. The Balaban J connectivity index is 2.39. The maximum absolute atomic E-state index is 13.1. The molecule has 0 saturated carbocycles. The smallest absolute Gasteiger partial charge is 0.255 e. The molecule has 0 aliphatic heterocycles. The van der Waals surface area contributed by atoms with Crippen LogP contribution in [0.5, 0.6) is 0 Å². The quantitative estimate of drug-likeness (QED) is 0.329. The molecule has 0 spiro atoms. The average molecular weight is 427 g/mol. The Labute approximate surface area is 193 Å². The lowest BCUT2D eigenvalue weighted by Gasteiger charge is -2.24. The third-order valence-corrected chi connectivity index (χ3v) is 5.32. The highest BCUT2D eigenvalue weighted by atomic mass is 16.1. The Bertz CT molecular complexity index is 1090. The molecule has 3 heteroatoms. The third kappa shape index (κ3) is 6.21. The molecule has 0 atom stereocenters. The van der Waals surface area contributed by atoms with E-state index in [2.05, 4.69) is 42.6 Å². The second-order valence-corrected chi connectivity index (χ2v) is 7.71. The Hall–Kier alpha value is -3.59. The van der Waals surface area contributed by atoms with Crippen molar-refractivity contribution in [1.29, 1.82) is 0 Å². The predicted molar refractivity (Wildman–Crippen MR) is 139 cm³/mol. The van der Waals surface area contributed by atoms with E-state index in [1.165, 1.54) is 5.70 Å². The van der Waals surface area contributed by atoms with Gasteiger partial charge >= 0.3 is 0 Å². The van der Waals surface area contributed by atoms with Gasteiger partial charge in [0.2, 0.25) is 0 Å². The predicted octanol–water partition coefficient (Wildman–Crippen LogP) is 7.71. The summed E-state index contributed by atoms with van der Waals surface area (Å²) in [7, 11) is 0. The standard InChI is InChI=1S/C29H34N2O/c1-8-24(19-25-16-12-11-15-22(25)6)29(32)30-28-18-14-13-17-27(28)23(7)20-31(21(4)5)26(9-2)10-3/h8-9,11-20H,1,4,10H2,2-3,5-7H3,(H,30,32)/b23-20+,24-19+,26-9-. The topological polar surface area (TPSA) is 32.3 Å². The first kappa shape index (κ1) is 24.7. The molecule has 3 nitrogen and oxygen atoms in total. The molecule has 0 saturated heterocycles. The number of nitrogens with one attached hydrogen (secondary N) is 1. The molecule has 0 heterocycles. The van der Waals surface area contributed by atoms with E-state index in [4.69, 9.17) is 0 Å². The highest BCUT2D eigenvalue weighted by Crippen LogP contribution is 2.27. The first-order valence-electron chi connectivity index (χ1n) is 10.9. The van der Waals surface area contributed by atoms with Crippen LogP contribution in [0.1, 0.15) is 50.8 Å². The van der Waals surface area contributed by atoms with Crippen molar-refractivity contribution in [2.45, 2.75) is 41.0 Å². The first-order chi connectivity index (χ1) is 15.3. The molecule has 0 aromatic heterocycles. The number of aryl methyl sites for hydroxylation is 1. The van der Waals surface area contributed by atoms with Crippen molar-refractivity contribution >= 4 is 23.2 Å². The molecule has 32 heavy (non-hydrogen) atoms. The Morgan fingerprint density at radius 1 is 1.09 bits per heavy atom. The average Bonchev–Trinajstić information content (AvgIpc) is 2.78. The minimum absolute atomic E-state index is 0.192. The van der Waals surface area contributed by atoms with Crippen LogP contribution in [0.2, 0.25) is 0 Å². The van der Waals surface area contributed by atoms with E-state index < -0.39 is 0 Å². The third-order valence-electron chi connectivity index (χ3n) is 5.32. The monoisotopic (exact) mass is 426 g/mol. The number of benzene rings is 2. The zero-order valence-electron chi connectivity index (χ0n) is 19.9. The van der Waals surface area contributed by atoms with Crippen molar-refractivity contribution in [3.05, 3.63) is 114 Å². The fourth-order valence-corrected chi connectivity index (χ4v) is 3.48. The van der Waals surface area contributed by atoms with Crippen molar-refractivity contribution in [1.82, 2.24) is 4.90 Å². The summed E-state index contributed by atoms with van der Waals surface area (Å²) in [6.45, 7) is 18.2. The summed E-state index contributed by atoms with van der Waals surface area (Å²) < 4.78 is 0. The van der Waals surface area contributed by atoms with E-state index in [1.807, 2.05) is 82.3 Å². The van der Waals surface area contributed by atoms with Gasteiger partial charge < -0.3 is 10.2 Å². The molecule has 1 amide bonds. The number of nitrogens with zero attached hydrogens (tertiary/aromatic N) is 1. The number of amides is 1. The zero-order valence-corrected chi connectivity index (χ0v) is 19.9. The van der Waals surface area contributed by atoms with Gasteiger partial charge in [0.1, 0.15) is 0 Å². The number of rotatable bonds is 9. The van der Waals surface area contributed by atoms with Gasteiger partial charge in [-0.25, -0.2) is 0 Å².